The van der Waals surface area contributed by atoms with Crippen molar-refractivity contribution in [3.8, 4) is 0 Å². The second kappa shape index (κ2) is 4.53. The zero-order chi connectivity index (χ0) is 13.4. The van der Waals surface area contributed by atoms with Crippen LogP contribution in [0.2, 0.25) is 0 Å². The van der Waals surface area contributed by atoms with Gasteiger partial charge in [0.15, 0.2) is 0 Å². The molecular weight excluding hydrogens is 244 g/mol. The number of hydrogen-bond donors (Lipinski definition) is 0. The fraction of sp³-hybridized carbons (Fsp3) is 0.0526. The van der Waals surface area contributed by atoms with Crippen LogP contribution in [0.4, 0.5) is 0 Å². The van der Waals surface area contributed by atoms with Gasteiger partial charge in [-0.2, -0.15) is 0 Å². The smallest absolute Gasteiger partial charge is 0.128 e. The monoisotopic (exact) mass is 258 g/mol. The first-order valence-electron chi connectivity index (χ1n) is 6.82. The highest BCUT2D eigenvalue weighted by molar-refractivity contribution is 5.94. The molecule has 1 heteroatoms. The van der Waals surface area contributed by atoms with Gasteiger partial charge in [0.2, 0.25) is 0 Å². The van der Waals surface area contributed by atoms with Gasteiger partial charge in [-0.25, -0.2) is 0 Å². The fourth-order valence-corrected chi connectivity index (χ4v) is 2.76. The molecule has 0 unspecified atom stereocenters. The van der Waals surface area contributed by atoms with Crippen LogP contribution in [-0.2, 0) is 11.3 Å². The molecule has 1 heterocycles. The average molecular weight is 258 g/mol. The number of benzene rings is 3. The Hall–Kier alpha value is -2.54. The standard InChI is InChI=1S/C19H14O/c1-3-10-17-14(6-1)8-5-9-15(17)12-19-18-11-4-2-7-16(18)13-20-19/h1-12H,13H2. The molecular formula is C19H14O. The van der Waals surface area contributed by atoms with E-state index in [1.54, 1.807) is 0 Å². The largest absolute Gasteiger partial charge is 0.488 e. The first-order valence-corrected chi connectivity index (χ1v) is 6.82. The fourth-order valence-electron chi connectivity index (χ4n) is 2.76. The minimum Gasteiger partial charge on any atom is -0.488 e. The molecule has 4 rings (SSSR count). The number of rotatable bonds is 1. The Labute approximate surface area is 118 Å². The van der Waals surface area contributed by atoms with E-state index in [-0.39, 0.29) is 0 Å². The maximum Gasteiger partial charge on any atom is 0.128 e. The summed E-state index contributed by atoms with van der Waals surface area (Å²) in [5.41, 5.74) is 3.68. The molecule has 3 aromatic carbocycles. The summed E-state index contributed by atoms with van der Waals surface area (Å²) in [5, 5.41) is 2.52. The van der Waals surface area contributed by atoms with Crippen LogP contribution >= 0.6 is 0 Å². The van der Waals surface area contributed by atoms with E-state index in [0.29, 0.717) is 6.61 Å². The molecule has 0 atom stereocenters. The molecule has 0 amide bonds. The van der Waals surface area contributed by atoms with Gasteiger partial charge in [-0.1, -0.05) is 66.7 Å². The first-order chi connectivity index (χ1) is 9.92. The van der Waals surface area contributed by atoms with Crippen LogP contribution < -0.4 is 0 Å². The summed E-state index contributed by atoms with van der Waals surface area (Å²) in [6, 6.07) is 23.2. The maximum atomic E-state index is 5.84. The molecule has 0 spiro atoms. The molecule has 0 bridgehead atoms. The summed E-state index contributed by atoms with van der Waals surface area (Å²) in [6.07, 6.45) is 2.15. The van der Waals surface area contributed by atoms with E-state index in [9.17, 15) is 0 Å². The summed E-state index contributed by atoms with van der Waals surface area (Å²) < 4.78 is 5.84. The molecule has 0 saturated carbocycles. The van der Waals surface area contributed by atoms with Crippen molar-refractivity contribution in [1.29, 1.82) is 0 Å². The minimum absolute atomic E-state index is 0.673. The highest BCUT2D eigenvalue weighted by Gasteiger charge is 2.16. The van der Waals surface area contributed by atoms with E-state index in [0.717, 1.165) is 5.76 Å². The van der Waals surface area contributed by atoms with Gasteiger partial charge in [0, 0.05) is 11.1 Å². The van der Waals surface area contributed by atoms with E-state index in [2.05, 4.69) is 72.8 Å². The molecule has 3 aromatic rings. The van der Waals surface area contributed by atoms with Gasteiger partial charge in [-0.05, 0) is 22.4 Å². The van der Waals surface area contributed by atoms with Crippen LogP contribution in [0.5, 0.6) is 0 Å². The molecule has 96 valence electrons. The molecule has 20 heavy (non-hydrogen) atoms. The molecule has 0 saturated heterocycles. The van der Waals surface area contributed by atoms with Crippen molar-refractivity contribution in [3.05, 3.63) is 83.4 Å². The third kappa shape index (κ3) is 1.79. The van der Waals surface area contributed by atoms with Crippen LogP contribution in [0.25, 0.3) is 22.6 Å². The molecule has 0 aliphatic carbocycles. The predicted molar refractivity (Wildman–Crippen MR) is 83.1 cm³/mol. The molecule has 0 radical (unpaired) electrons. The van der Waals surface area contributed by atoms with Crippen molar-refractivity contribution in [2.45, 2.75) is 6.61 Å². The molecule has 1 nitrogen and oxygen atoms in total. The van der Waals surface area contributed by atoms with Gasteiger partial charge in [0.1, 0.15) is 12.4 Å². The Morgan fingerprint density at radius 2 is 1.60 bits per heavy atom. The van der Waals surface area contributed by atoms with Crippen LogP contribution in [0.3, 0.4) is 0 Å². The summed E-state index contributed by atoms with van der Waals surface area (Å²) >= 11 is 0. The van der Waals surface area contributed by atoms with Crippen molar-refractivity contribution in [2.75, 3.05) is 0 Å². The lowest BCUT2D eigenvalue weighted by Gasteiger charge is -2.04. The Morgan fingerprint density at radius 1 is 0.800 bits per heavy atom. The van der Waals surface area contributed by atoms with Crippen molar-refractivity contribution in [1.82, 2.24) is 0 Å². The minimum atomic E-state index is 0.673. The predicted octanol–water partition coefficient (Wildman–Crippen LogP) is 4.87. The Balaban J connectivity index is 1.88. The second-order valence-electron chi connectivity index (χ2n) is 5.02. The summed E-state index contributed by atoms with van der Waals surface area (Å²) in [6.45, 7) is 0.673. The van der Waals surface area contributed by atoms with Crippen LogP contribution in [0.15, 0.2) is 66.7 Å². The normalized spacial score (nSPS) is 15.3. The molecule has 0 fully saturated rings. The average Bonchev–Trinajstić information content (AvgIpc) is 2.91. The lowest BCUT2D eigenvalue weighted by Crippen LogP contribution is -1.82. The molecule has 1 aliphatic heterocycles. The van der Waals surface area contributed by atoms with Crippen molar-refractivity contribution in [2.24, 2.45) is 0 Å². The summed E-state index contributed by atoms with van der Waals surface area (Å²) in [5.74, 6) is 0.969. The van der Waals surface area contributed by atoms with Crippen LogP contribution in [-0.4, -0.2) is 0 Å². The topological polar surface area (TPSA) is 9.23 Å². The van der Waals surface area contributed by atoms with Gasteiger partial charge < -0.3 is 4.74 Å². The number of ether oxygens (including phenoxy) is 1. The van der Waals surface area contributed by atoms with E-state index in [1.807, 2.05) is 0 Å². The zero-order valence-corrected chi connectivity index (χ0v) is 11.0. The van der Waals surface area contributed by atoms with Crippen molar-refractivity contribution in [3.63, 3.8) is 0 Å². The first kappa shape index (κ1) is 11.3. The third-order valence-electron chi connectivity index (χ3n) is 3.78. The third-order valence-corrected chi connectivity index (χ3v) is 3.78. The van der Waals surface area contributed by atoms with Gasteiger partial charge in [-0.3, -0.25) is 0 Å². The molecule has 1 aliphatic rings. The van der Waals surface area contributed by atoms with Gasteiger partial charge in [-0.15, -0.1) is 0 Å². The SMILES string of the molecule is C(=C1OCc2ccccc21)c1cccc2ccccc12. The summed E-state index contributed by atoms with van der Waals surface area (Å²) in [4.78, 5) is 0. The zero-order valence-electron chi connectivity index (χ0n) is 11.0. The van der Waals surface area contributed by atoms with Crippen molar-refractivity contribution >= 4 is 22.6 Å². The van der Waals surface area contributed by atoms with E-state index >= 15 is 0 Å². The van der Waals surface area contributed by atoms with Gasteiger partial charge in [0.05, 0.1) is 0 Å². The number of fused-ring (bicyclic) bond motifs is 2. The second-order valence-corrected chi connectivity index (χ2v) is 5.02. The molecule has 0 aromatic heterocycles. The Morgan fingerprint density at radius 3 is 2.60 bits per heavy atom. The number of hydrogen-bond acceptors (Lipinski definition) is 1. The van der Waals surface area contributed by atoms with Crippen LogP contribution in [0, 0.1) is 0 Å². The quantitative estimate of drug-likeness (QED) is 0.605. The van der Waals surface area contributed by atoms with E-state index in [4.69, 9.17) is 4.74 Å². The maximum absolute atomic E-state index is 5.84. The Kier molecular flexibility index (Phi) is 2.56. The Bertz CT molecular complexity index is 809. The molecule has 0 N–H and O–H groups in total. The highest BCUT2D eigenvalue weighted by atomic mass is 16.5. The van der Waals surface area contributed by atoms with Gasteiger partial charge >= 0.3 is 0 Å². The lowest BCUT2D eigenvalue weighted by atomic mass is 10.0. The van der Waals surface area contributed by atoms with Crippen LogP contribution in [0.1, 0.15) is 16.7 Å². The van der Waals surface area contributed by atoms with Crippen molar-refractivity contribution < 1.29 is 4.74 Å². The van der Waals surface area contributed by atoms with E-state index < -0.39 is 0 Å². The highest BCUT2D eigenvalue weighted by Crippen LogP contribution is 2.32. The van der Waals surface area contributed by atoms with Gasteiger partial charge in [0.25, 0.3) is 0 Å². The van der Waals surface area contributed by atoms with E-state index in [1.165, 1.54) is 27.5 Å². The summed E-state index contributed by atoms with van der Waals surface area (Å²) in [7, 11) is 0. The lowest BCUT2D eigenvalue weighted by molar-refractivity contribution is 0.287.